The van der Waals surface area contributed by atoms with Gasteiger partial charge in [0.2, 0.25) is 0 Å². The zero-order valence-corrected chi connectivity index (χ0v) is 13.3. The lowest BCUT2D eigenvalue weighted by Crippen LogP contribution is -2.27. The first kappa shape index (κ1) is 16.9. The van der Waals surface area contributed by atoms with Crippen LogP contribution in [0, 0.1) is 6.92 Å². The molecule has 1 unspecified atom stereocenters. The summed E-state index contributed by atoms with van der Waals surface area (Å²) in [6.45, 7) is 2.55. The summed E-state index contributed by atoms with van der Waals surface area (Å²) in [6.07, 6.45) is 1.15. The van der Waals surface area contributed by atoms with Gasteiger partial charge in [-0.3, -0.25) is 0 Å². The van der Waals surface area contributed by atoms with Gasteiger partial charge in [-0.1, -0.05) is 35.9 Å². The minimum atomic E-state index is -0.936. The number of hydrogen-bond donors (Lipinski definition) is 1. The van der Waals surface area contributed by atoms with Crippen molar-refractivity contribution < 1.29 is 19.4 Å². The topological polar surface area (TPSA) is 55.8 Å². The van der Waals surface area contributed by atoms with Crippen LogP contribution in [-0.4, -0.2) is 23.8 Å². The number of aliphatic carboxylic acids is 1. The van der Waals surface area contributed by atoms with E-state index in [-0.39, 0.29) is 0 Å². The number of para-hydroxylation sites is 1. The van der Waals surface area contributed by atoms with E-state index in [0.717, 1.165) is 24.2 Å². The molecule has 0 heterocycles. The number of carboxylic acids is 1. The molecule has 4 nitrogen and oxygen atoms in total. The van der Waals surface area contributed by atoms with Crippen molar-refractivity contribution in [3.63, 3.8) is 0 Å². The van der Waals surface area contributed by atoms with Crippen molar-refractivity contribution >= 4 is 5.97 Å². The van der Waals surface area contributed by atoms with E-state index in [4.69, 9.17) is 9.47 Å². The monoisotopic (exact) mass is 314 g/mol. The molecule has 0 spiro atoms. The number of unbranched alkanes of at least 4 members (excludes halogenated alkanes) is 1. The highest BCUT2D eigenvalue weighted by Crippen LogP contribution is 2.16. The van der Waals surface area contributed by atoms with Gasteiger partial charge in [0.15, 0.2) is 6.10 Å². The molecule has 0 aromatic heterocycles. The molecule has 0 saturated heterocycles. The van der Waals surface area contributed by atoms with Gasteiger partial charge in [0.05, 0.1) is 6.61 Å². The van der Waals surface area contributed by atoms with Crippen LogP contribution in [-0.2, 0) is 4.79 Å². The van der Waals surface area contributed by atoms with Crippen LogP contribution in [0.2, 0.25) is 0 Å². The van der Waals surface area contributed by atoms with Crippen molar-refractivity contribution in [2.75, 3.05) is 6.61 Å². The molecule has 0 saturated carbocycles. The number of aryl methyl sites for hydroxylation is 1. The van der Waals surface area contributed by atoms with E-state index in [1.807, 2.05) is 49.4 Å². The molecule has 23 heavy (non-hydrogen) atoms. The highest BCUT2D eigenvalue weighted by atomic mass is 16.5. The Labute approximate surface area is 136 Å². The summed E-state index contributed by atoms with van der Waals surface area (Å²) in [5, 5.41) is 9.27. The Hall–Kier alpha value is -2.49. The van der Waals surface area contributed by atoms with Crippen LogP contribution in [0.5, 0.6) is 11.5 Å². The van der Waals surface area contributed by atoms with Crippen LogP contribution in [0.25, 0.3) is 0 Å². The number of carbonyl (C=O) groups is 1. The number of carboxylic acid groups (broad SMARTS) is 1. The zero-order valence-electron chi connectivity index (χ0n) is 13.3. The van der Waals surface area contributed by atoms with Gasteiger partial charge in [-0.15, -0.1) is 0 Å². The Morgan fingerprint density at radius 2 is 1.70 bits per heavy atom. The van der Waals surface area contributed by atoms with Crippen LogP contribution in [0.15, 0.2) is 54.6 Å². The molecule has 0 fully saturated rings. The summed E-state index contributed by atoms with van der Waals surface area (Å²) in [5.41, 5.74) is 1.11. The lowest BCUT2D eigenvalue weighted by molar-refractivity contribution is -0.145. The maximum atomic E-state index is 11.3. The van der Waals surface area contributed by atoms with Crippen LogP contribution >= 0.6 is 0 Å². The Kier molecular flexibility index (Phi) is 6.48. The van der Waals surface area contributed by atoms with E-state index in [9.17, 15) is 9.90 Å². The third-order valence-electron chi connectivity index (χ3n) is 3.45. The van der Waals surface area contributed by atoms with Gasteiger partial charge in [-0.25, -0.2) is 4.79 Å². The number of rotatable bonds is 9. The van der Waals surface area contributed by atoms with E-state index < -0.39 is 12.1 Å². The van der Waals surface area contributed by atoms with E-state index in [1.165, 1.54) is 0 Å². The second-order valence-corrected chi connectivity index (χ2v) is 5.42. The molecule has 1 atom stereocenters. The van der Waals surface area contributed by atoms with Crippen molar-refractivity contribution in [1.82, 2.24) is 0 Å². The Balaban J connectivity index is 1.72. The standard InChI is InChI=1S/C19H22O4/c1-15-10-12-17(13-11-15)23-18(19(20)21)9-5-6-14-22-16-7-3-2-4-8-16/h2-4,7-8,10-13,18H,5-6,9,14H2,1H3,(H,20,21). The molecule has 2 aromatic rings. The predicted octanol–water partition coefficient (Wildman–Crippen LogP) is 4.08. The van der Waals surface area contributed by atoms with E-state index in [0.29, 0.717) is 18.8 Å². The second kappa shape index (κ2) is 8.83. The lowest BCUT2D eigenvalue weighted by Gasteiger charge is -2.15. The largest absolute Gasteiger partial charge is 0.494 e. The summed E-state index contributed by atoms with van der Waals surface area (Å²) >= 11 is 0. The molecule has 0 bridgehead atoms. The average Bonchev–Trinajstić information content (AvgIpc) is 2.56. The number of hydrogen-bond acceptors (Lipinski definition) is 3. The first-order chi connectivity index (χ1) is 11.1. The molecule has 1 N–H and O–H groups in total. The first-order valence-electron chi connectivity index (χ1n) is 7.79. The quantitative estimate of drug-likeness (QED) is 0.709. The van der Waals surface area contributed by atoms with Gasteiger partial charge in [0.25, 0.3) is 0 Å². The Bertz CT molecular complexity index is 593. The highest BCUT2D eigenvalue weighted by molar-refractivity contribution is 5.72. The van der Waals surface area contributed by atoms with Crippen molar-refractivity contribution in [1.29, 1.82) is 0 Å². The van der Waals surface area contributed by atoms with Crippen molar-refractivity contribution in [2.45, 2.75) is 32.3 Å². The van der Waals surface area contributed by atoms with E-state index in [1.54, 1.807) is 12.1 Å². The van der Waals surface area contributed by atoms with Crippen LogP contribution in [0.3, 0.4) is 0 Å². The predicted molar refractivity (Wildman–Crippen MR) is 89.0 cm³/mol. The maximum absolute atomic E-state index is 11.3. The molecule has 0 radical (unpaired) electrons. The third-order valence-corrected chi connectivity index (χ3v) is 3.45. The fourth-order valence-corrected chi connectivity index (χ4v) is 2.15. The van der Waals surface area contributed by atoms with Gasteiger partial charge in [0, 0.05) is 0 Å². The smallest absolute Gasteiger partial charge is 0.344 e. The van der Waals surface area contributed by atoms with Gasteiger partial charge in [0.1, 0.15) is 11.5 Å². The van der Waals surface area contributed by atoms with E-state index >= 15 is 0 Å². The van der Waals surface area contributed by atoms with Crippen LogP contribution in [0.1, 0.15) is 24.8 Å². The summed E-state index contributed by atoms with van der Waals surface area (Å²) in [4.78, 5) is 11.3. The van der Waals surface area contributed by atoms with Crippen molar-refractivity contribution in [3.05, 3.63) is 60.2 Å². The Morgan fingerprint density at radius 3 is 2.35 bits per heavy atom. The molecule has 2 aromatic carbocycles. The van der Waals surface area contributed by atoms with Crippen molar-refractivity contribution in [2.24, 2.45) is 0 Å². The summed E-state index contributed by atoms with van der Waals surface area (Å²) in [7, 11) is 0. The normalized spacial score (nSPS) is 11.7. The minimum absolute atomic E-state index is 0.460. The van der Waals surface area contributed by atoms with Crippen molar-refractivity contribution in [3.8, 4) is 11.5 Å². The summed E-state index contributed by atoms with van der Waals surface area (Å²) in [5.74, 6) is 0.483. The molecule has 122 valence electrons. The van der Waals surface area contributed by atoms with Gasteiger partial charge < -0.3 is 14.6 Å². The fourth-order valence-electron chi connectivity index (χ4n) is 2.15. The molecule has 0 aliphatic carbocycles. The third kappa shape index (κ3) is 6.02. The van der Waals surface area contributed by atoms with Gasteiger partial charge >= 0.3 is 5.97 Å². The molecule has 4 heteroatoms. The van der Waals surface area contributed by atoms with Gasteiger partial charge in [-0.2, -0.15) is 0 Å². The molecular formula is C19H22O4. The van der Waals surface area contributed by atoms with Crippen LogP contribution in [0.4, 0.5) is 0 Å². The molecule has 0 aliphatic heterocycles. The van der Waals surface area contributed by atoms with E-state index in [2.05, 4.69) is 0 Å². The maximum Gasteiger partial charge on any atom is 0.344 e. The Morgan fingerprint density at radius 1 is 1.00 bits per heavy atom. The first-order valence-corrected chi connectivity index (χ1v) is 7.79. The minimum Gasteiger partial charge on any atom is -0.494 e. The highest BCUT2D eigenvalue weighted by Gasteiger charge is 2.18. The zero-order chi connectivity index (χ0) is 16.5. The molecule has 0 amide bonds. The molecule has 0 aliphatic rings. The summed E-state index contributed by atoms with van der Waals surface area (Å²) in [6, 6.07) is 17.0. The fraction of sp³-hybridized carbons (Fsp3) is 0.316. The molecule has 2 rings (SSSR count). The van der Waals surface area contributed by atoms with Gasteiger partial charge in [-0.05, 0) is 50.5 Å². The lowest BCUT2D eigenvalue weighted by atomic mass is 10.1. The number of benzene rings is 2. The SMILES string of the molecule is Cc1ccc(OC(CCCCOc2ccccc2)C(=O)O)cc1. The number of ether oxygens (including phenoxy) is 2. The summed E-state index contributed by atoms with van der Waals surface area (Å²) < 4.78 is 11.1. The van der Waals surface area contributed by atoms with Crippen LogP contribution < -0.4 is 9.47 Å². The average molecular weight is 314 g/mol. The second-order valence-electron chi connectivity index (χ2n) is 5.42. The molecular weight excluding hydrogens is 292 g/mol.